The van der Waals surface area contributed by atoms with Gasteiger partial charge in [0.15, 0.2) is 11.5 Å². The fourth-order valence-electron chi connectivity index (χ4n) is 2.59. The summed E-state index contributed by atoms with van der Waals surface area (Å²) in [5, 5.41) is 15.7. The lowest BCUT2D eigenvalue weighted by Crippen LogP contribution is -2.31. The van der Waals surface area contributed by atoms with Crippen molar-refractivity contribution < 1.29 is 14.6 Å². The lowest BCUT2D eigenvalue weighted by atomic mass is 10.1. The second-order valence-corrected chi connectivity index (χ2v) is 6.43. The fraction of sp³-hybridized carbons (Fsp3) is 0.429. The number of aliphatic hydroxyl groups is 1. The van der Waals surface area contributed by atoms with E-state index < -0.39 is 0 Å². The molecule has 0 aromatic heterocycles. The van der Waals surface area contributed by atoms with Crippen molar-refractivity contribution in [1.82, 2.24) is 10.6 Å². The number of rotatable bonds is 11. The van der Waals surface area contributed by atoms with Gasteiger partial charge in [-0.25, -0.2) is 0 Å². The minimum Gasteiger partial charge on any atom is -0.493 e. The Morgan fingerprint density at radius 1 is 1.04 bits per heavy atom. The number of nitrogens with one attached hydrogen (secondary N) is 2. The lowest BCUT2D eigenvalue weighted by molar-refractivity contribution is 0.191. The smallest absolute Gasteiger partial charge is 0.161 e. The molecule has 0 bridgehead atoms. The third-order valence-electron chi connectivity index (χ3n) is 4.12. The molecular formula is C21H30N2O3. The molecule has 142 valence electrons. The lowest BCUT2D eigenvalue weighted by Gasteiger charge is -2.14. The Morgan fingerprint density at radius 3 is 2.54 bits per heavy atom. The van der Waals surface area contributed by atoms with E-state index in [4.69, 9.17) is 9.47 Å². The molecule has 0 radical (unpaired) electrons. The molecule has 26 heavy (non-hydrogen) atoms. The Morgan fingerprint density at radius 2 is 1.81 bits per heavy atom. The van der Waals surface area contributed by atoms with E-state index in [0.29, 0.717) is 13.2 Å². The minimum absolute atomic E-state index is 0.313. The normalized spacial score (nSPS) is 12.0. The Bertz CT molecular complexity index is 674. The molecule has 1 atom stereocenters. The van der Waals surface area contributed by atoms with E-state index in [1.165, 1.54) is 11.1 Å². The van der Waals surface area contributed by atoms with Crippen molar-refractivity contribution in [3.8, 4) is 11.5 Å². The Balaban J connectivity index is 1.83. The molecule has 0 saturated carbocycles. The summed E-state index contributed by atoms with van der Waals surface area (Å²) in [6.07, 6.45) is -0.313. The summed E-state index contributed by atoms with van der Waals surface area (Å²) in [5.41, 5.74) is 3.53. The van der Waals surface area contributed by atoms with Crippen LogP contribution in [0.5, 0.6) is 11.5 Å². The average molecular weight is 358 g/mol. The van der Waals surface area contributed by atoms with Crippen LogP contribution < -0.4 is 20.1 Å². The highest BCUT2D eigenvalue weighted by Gasteiger charge is 2.07. The van der Waals surface area contributed by atoms with Gasteiger partial charge in [0.05, 0.1) is 13.2 Å². The van der Waals surface area contributed by atoms with Crippen LogP contribution in [0.25, 0.3) is 0 Å². The standard InChI is InChI=1S/C21H30N2O3/c1-16-6-4-5-7-19(16)15-26-20-9-8-18(12-21(20)25-3)14-23-11-10-22-13-17(2)24/h4-9,12,17,22-24H,10-11,13-15H2,1-3H3/t17-/m1/s1. The van der Waals surface area contributed by atoms with Crippen molar-refractivity contribution in [3.63, 3.8) is 0 Å². The maximum absolute atomic E-state index is 9.19. The van der Waals surface area contributed by atoms with Gasteiger partial charge in [-0.1, -0.05) is 30.3 Å². The largest absolute Gasteiger partial charge is 0.493 e. The SMILES string of the molecule is COc1cc(CNCCNC[C@@H](C)O)ccc1OCc1ccccc1C. The first-order valence-electron chi connectivity index (χ1n) is 9.04. The first-order valence-corrected chi connectivity index (χ1v) is 9.04. The molecule has 0 heterocycles. The number of benzene rings is 2. The van der Waals surface area contributed by atoms with Crippen molar-refractivity contribution in [2.45, 2.75) is 33.1 Å². The molecule has 0 unspecified atom stereocenters. The zero-order valence-electron chi connectivity index (χ0n) is 15.9. The molecule has 0 spiro atoms. The van der Waals surface area contributed by atoms with Crippen LogP contribution in [0.2, 0.25) is 0 Å². The Kier molecular flexibility index (Phi) is 8.41. The molecule has 2 rings (SSSR count). The first kappa shape index (κ1) is 20.2. The summed E-state index contributed by atoms with van der Waals surface area (Å²) in [6, 6.07) is 14.2. The van der Waals surface area contributed by atoms with Crippen LogP contribution in [0, 0.1) is 6.92 Å². The van der Waals surface area contributed by atoms with Gasteiger partial charge in [0, 0.05) is 26.2 Å². The molecule has 0 saturated heterocycles. The Hall–Kier alpha value is -2.08. The van der Waals surface area contributed by atoms with Crippen molar-refractivity contribution in [2.75, 3.05) is 26.7 Å². The highest BCUT2D eigenvalue weighted by molar-refractivity contribution is 5.43. The number of aliphatic hydroxyl groups excluding tert-OH is 1. The molecule has 5 heteroatoms. The van der Waals surface area contributed by atoms with Crippen molar-refractivity contribution in [3.05, 3.63) is 59.2 Å². The first-order chi connectivity index (χ1) is 12.6. The summed E-state index contributed by atoms with van der Waals surface area (Å²) >= 11 is 0. The fourth-order valence-corrected chi connectivity index (χ4v) is 2.59. The molecular weight excluding hydrogens is 328 g/mol. The van der Waals surface area contributed by atoms with Gasteiger partial charge in [-0.3, -0.25) is 0 Å². The summed E-state index contributed by atoms with van der Waals surface area (Å²) < 4.78 is 11.4. The van der Waals surface area contributed by atoms with Gasteiger partial charge < -0.3 is 25.2 Å². The summed E-state index contributed by atoms with van der Waals surface area (Å²) in [4.78, 5) is 0. The van der Waals surface area contributed by atoms with E-state index in [0.717, 1.165) is 36.7 Å². The zero-order chi connectivity index (χ0) is 18.8. The van der Waals surface area contributed by atoms with Gasteiger partial charge in [-0.2, -0.15) is 0 Å². The average Bonchev–Trinajstić information content (AvgIpc) is 2.64. The number of aryl methyl sites for hydroxylation is 1. The van der Waals surface area contributed by atoms with E-state index >= 15 is 0 Å². The minimum atomic E-state index is -0.313. The maximum atomic E-state index is 9.19. The van der Waals surface area contributed by atoms with Crippen LogP contribution in [-0.4, -0.2) is 38.0 Å². The van der Waals surface area contributed by atoms with Crippen LogP contribution in [0.3, 0.4) is 0 Å². The van der Waals surface area contributed by atoms with Gasteiger partial charge in [-0.15, -0.1) is 0 Å². The number of hydrogen-bond acceptors (Lipinski definition) is 5. The van der Waals surface area contributed by atoms with Gasteiger partial charge >= 0.3 is 0 Å². The number of ether oxygens (including phenoxy) is 2. The zero-order valence-corrected chi connectivity index (χ0v) is 15.9. The second kappa shape index (κ2) is 10.8. The predicted octanol–water partition coefficient (Wildman–Crippen LogP) is 2.64. The maximum Gasteiger partial charge on any atom is 0.161 e. The van der Waals surface area contributed by atoms with Crippen molar-refractivity contribution >= 4 is 0 Å². The van der Waals surface area contributed by atoms with Gasteiger partial charge in [0.1, 0.15) is 6.61 Å². The van der Waals surface area contributed by atoms with Gasteiger partial charge in [-0.05, 0) is 42.7 Å². The van der Waals surface area contributed by atoms with Gasteiger partial charge in [0.25, 0.3) is 0 Å². The Labute approximate surface area is 156 Å². The van der Waals surface area contributed by atoms with E-state index in [-0.39, 0.29) is 6.10 Å². The summed E-state index contributed by atoms with van der Waals surface area (Å²) in [7, 11) is 1.66. The van der Waals surface area contributed by atoms with E-state index in [1.54, 1.807) is 14.0 Å². The van der Waals surface area contributed by atoms with Crippen molar-refractivity contribution in [1.29, 1.82) is 0 Å². The third kappa shape index (κ3) is 6.67. The number of methoxy groups -OCH3 is 1. The van der Waals surface area contributed by atoms with Crippen LogP contribution >= 0.6 is 0 Å². The molecule has 5 nitrogen and oxygen atoms in total. The molecule has 3 N–H and O–H groups in total. The molecule has 2 aromatic carbocycles. The predicted molar refractivity (Wildman–Crippen MR) is 105 cm³/mol. The van der Waals surface area contributed by atoms with Crippen LogP contribution in [-0.2, 0) is 13.2 Å². The van der Waals surface area contributed by atoms with Crippen LogP contribution in [0.1, 0.15) is 23.6 Å². The molecule has 0 fully saturated rings. The van der Waals surface area contributed by atoms with Gasteiger partial charge in [0.2, 0.25) is 0 Å². The summed E-state index contributed by atoms with van der Waals surface area (Å²) in [5.74, 6) is 1.49. The molecule has 2 aromatic rings. The molecule has 0 amide bonds. The molecule has 0 aliphatic carbocycles. The monoisotopic (exact) mass is 358 g/mol. The van der Waals surface area contributed by atoms with E-state index in [2.05, 4.69) is 29.7 Å². The highest BCUT2D eigenvalue weighted by atomic mass is 16.5. The quantitative estimate of drug-likeness (QED) is 0.539. The number of hydrogen-bond donors (Lipinski definition) is 3. The van der Waals surface area contributed by atoms with E-state index in [1.807, 2.05) is 30.3 Å². The second-order valence-electron chi connectivity index (χ2n) is 6.43. The van der Waals surface area contributed by atoms with Crippen molar-refractivity contribution in [2.24, 2.45) is 0 Å². The van der Waals surface area contributed by atoms with Crippen LogP contribution in [0.15, 0.2) is 42.5 Å². The highest BCUT2D eigenvalue weighted by Crippen LogP contribution is 2.29. The molecule has 0 aliphatic heterocycles. The van der Waals surface area contributed by atoms with E-state index in [9.17, 15) is 5.11 Å². The van der Waals surface area contributed by atoms with Crippen LogP contribution in [0.4, 0.5) is 0 Å². The molecule has 0 aliphatic rings. The third-order valence-corrected chi connectivity index (χ3v) is 4.12. The summed E-state index contributed by atoms with van der Waals surface area (Å²) in [6.45, 7) is 7.40. The topological polar surface area (TPSA) is 62.8 Å².